The summed E-state index contributed by atoms with van der Waals surface area (Å²) in [6.07, 6.45) is 0.888. The highest BCUT2D eigenvalue weighted by Crippen LogP contribution is 2.37. The molecule has 0 aliphatic rings. The van der Waals surface area contributed by atoms with Crippen LogP contribution < -0.4 is 0 Å². The van der Waals surface area contributed by atoms with Crippen molar-refractivity contribution < 1.29 is 4.79 Å². The average molecular weight is 372 g/mol. The first-order valence-corrected chi connectivity index (χ1v) is 9.64. The molecule has 0 saturated carbocycles. The molecular weight excluding hydrogens is 352 g/mol. The first-order chi connectivity index (χ1) is 13.1. The number of hydrogen-bond acceptors (Lipinski definition) is 3. The second-order valence-corrected chi connectivity index (χ2v) is 7.86. The lowest BCUT2D eigenvalue weighted by atomic mass is 10.0. The number of rotatable bonds is 4. The summed E-state index contributed by atoms with van der Waals surface area (Å²) >= 11 is 1.47. The van der Waals surface area contributed by atoms with Crippen LogP contribution in [0.2, 0.25) is 0 Å². The summed E-state index contributed by atoms with van der Waals surface area (Å²) in [6.45, 7) is 4.17. The fourth-order valence-corrected chi connectivity index (χ4v) is 4.06. The molecule has 0 aliphatic heterocycles. The maximum absolute atomic E-state index is 11.1. The zero-order valence-corrected chi connectivity index (χ0v) is 16.4. The molecule has 0 unspecified atom stereocenters. The number of aromatic nitrogens is 2. The van der Waals surface area contributed by atoms with E-state index in [2.05, 4.69) is 66.9 Å². The minimum atomic E-state index is 0.710. The van der Waals surface area contributed by atoms with Crippen molar-refractivity contribution in [1.82, 2.24) is 9.55 Å². The van der Waals surface area contributed by atoms with Crippen LogP contribution in [0.3, 0.4) is 0 Å². The fraction of sp³-hybridized carbons (Fsp3) is 0.130. The van der Waals surface area contributed by atoms with Gasteiger partial charge >= 0.3 is 0 Å². The third kappa shape index (κ3) is 3.24. The number of carbonyl (C=O) groups excluding carboxylic acids is 1. The summed E-state index contributed by atoms with van der Waals surface area (Å²) < 4.78 is 2.13. The molecule has 0 N–H and O–H groups in total. The molecule has 0 amide bonds. The second kappa shape index (κ2) is 6.97. The fourth-order valence-electron chi connectivity index (χ4n) is 3.21. The van der Waals surface area contributed by atoms with E-state index in [1.165, 1.54) is 22.5 Å². The molecule has 27 heavy (non-hydrogen) atoms. The van der Waals surface area contributed by atoms with E-state index in [1.807, 2.05) is 19.2 Å². The summed E-state index contributed by atoms with van der Waals surface area (Å²) in [5.74, 6) is 0.874. The molecular formula is C23H20N2OS. The normalized spacial score (nSPS) is 10.9. The maximum atomic E-state index is 11.1. The van der Waals surface area contributed by atoms with E-state index >= 15 is 0 Å². The quantitative estimate of drug-likeness (QED) is 0.417. The Balaban J connectivity index is 1.95. The number of aryl methyl sites for hydroxylation is 2. The number of imidazole rings is 1. The Hall–Kier alpha value is -2.98. The Kier molecular flexibility index (Phi) is 4.50. The van der Waals surface area contributed by atoms with Crippen LogP contribution in [0.5, 0.6) is 0 Å². The van der Waals surface area contributed by atoms with Crippen LogP contribution in [-0.2, 0) is 7.05 Å². The lowest BCUT2D eigenvalue weighted by molar-refractivity contribution is 0.112. The Morgan fingerprint density at radius 3 is 2.00 bits per heavy atom. The second-order valence-electron chi connectivity index (χ2n) is 6.74. The molecule has 0 radical (unpaired) electrons. The zero-order valence-electron chi connectivity index (χ0n) is 15.6. The van der Waals surface area contributed by atoms with Gasteiger partial charge in [-0.2, -0.15) is 0 Å². The van der Waals surface area contributed by atoms with Crippen molar-refractivity contribution in [2.45, 2.75) is 13.8 Å². The molecule has 2 heterocycles. The predicted molar refractivity (Wildman–Crippen MR) is 112 cm³/mol. The molecule has 4 aromatic rings. The molecule has 0 saturated heterocycles. The third-order valence-corrected chi connectivity index (χ3v) is 5.72. The lowest BCUT2D eigenvalue weighted by Crippen LogP contribution is -1.95. The number of thiophene rings is 1. The number of carbonyl (C=O) groups is 1. The molecule has 0 bridgehead atoms. The van der Waals surface area contributed by atoms with Crippen molar-refractivity contribution in [2.24, 2.45) is 7.05 Å². The maximum Gasteiger partial charge on any atom is 0.160 e. The van der Waals surface area contributed by atoms with Gasteiger partial charge in [0.25, 0.3) is 0 Å². The SMILES string of the molecule is Cc1ccc(-c2nc(-c3ccc(C=O)s3)n(C)c2-c2ccc(C)cc2)cc1. The summed E-state index contributed by atoms with van der Waals surface area (Å²) in [6, 6.07) is 20.8. The van der Waals surface area contributed by atoms with Gasteiger partial charge in [0.05, 0.1) is 21.1 Å². The highest BCUT2D eigenvalue weighted by Gasteiger charge is 2.20. The highest BCUT2D eigenvalue weighted by molar-refractivity contribution is 7.17. The van der Waals surface area contributed by atoms with Crippen molar-refractivity contribution in [3.05, 3.63) is 76.7 Å². The van der Waals surface area contributed by atoms with Gasteiger partial charge in [0.1, 0.15) is 0 Å². The summed E-state index contributed by atoms with van der Waals surface area (Å²) in [4.78, 5) is 17.8. The van der Waals surface area contributed by atoms with Crippen molar-refractivity contribution in [1.29, 1.82) is 0 Å². The molecule has 134 valence electrons. The van der Waals surface area contributed by atoms with E-state index in [-0.39, 0.29) is 0 Å². The molecule has 2 aromatic heterocycles. The Morgan fingerprint density at radius 1 is 0.852 bits per heavy atom. The summed E-state index contributed by atoms with van der Waals surface area (Å²) in [5, 5.41) is 0. The van der Waals surface area contributed by atoms with Crippen molar-refractivity contribution in [3.8, 4) is 33.2 Å². The van der Waals surface area contributed by atoms with Gasteiger partial charge in [0.2, 0.25) is 0 Å². The van der Waals surface area contributed by atoms with Crippen LogP contribution >= 0.6 is 11.3 Å². The van der Waals surface area contributed by atoms with Gasteiger partial charge in [-0.1, -0.05) is 59.7 Å². The van der Waals surface area contributed by atoms with E-state index < -0.39 is 0 Å². The smallest absolute Gasteiger partial charge is 0.160 e. The minimum Gasteiger partial charge on any atom is -0.326 e. The van der Waals surface area contributed by atoms with Gasteiger partial charge in [-0.25, -0.2) is 4.98 Å². The number of benzene rings is 2. The molecule has 0 aliphatic carbocycles. The van der Waals surface area contributed by atoms with E-state index in [0.717, 1.165) is 39.5 Å². The monoisotopic (exact) mass is 372 g/mol. The van der Waals surface area contributed by atoms with Crippen LogP contribution in [0.1, 0.15) is 20.8 Å². The third-order valence-electron chi connectivity index (χ3n) is 4.71. The highest BCUT2D eigenvalue weighted by atomic mass is 32.1. The lowest BCUT2D eigenvalue weighted by Gasteiger charge is -2.08. The first-order valence-electron chi connectivity index (χ1n) is 8.83. The minimum absolute atomic E-state index is 0.710. The Bertz CT molecular complexity index is 1100. The van der Waals surface area contributed by atoms with Crippen LogP contribution in [-0.4, -0.2) is 15.8 Å². The molecule has 0 spiro atoms. The van der Waals surface area contributed by atoms with E-state index in [0.29, 0.717) is 4.88 Å². The van der Waals surface area contributed by atoms with Gasteiger partial charge in [0, 0.05) is 18.2 Å². The van der Waals surface area contributed by atoms with E-state index in [9.17, 15) is 4.79 Å². The topological polar surface area (TPSA) is 34.9 Å². The molecule has 4 heteroatoms. The van der Waals surface area contributed by atoms with Gasteiger partial charge in [0.15, 0.2) is 12.1 Å². The Morgan fingerprint density at radius 2 is 1.44 bits per heavy atom. The van der Waals surface area contributed by atoms with Crippen LogP contribution in [0.25, 0.3) is 33.2 Å². The molecule has 0 atom stereocenters. The molecule has 2 aromatic carbocycles. The van der Waals surface area contributed by atoms with Crippen LogP contribution in [0.4, 0.5) is 0 Å². The van der Waals surface area contributed by atoms with E-state index in [4.69, 9.17) is 4.98 Å². The van der Waals surface area contributed by atoms with Crippen molar-refractivity contribution in [3.63, 3.8) is 0 Å². The summed E-state index contributed by atoms with van der Waals surface area (Å²) in [5.41, 5.74) is 6.70. The van der Waals surface area contributed by atoms with Gasteiger partial charge in [-0.15, -0.1) is 11.3 Å². The number of nitrogens with zero attached hydrogens (tertiary/aromatic N) is 2. The zero-order chi connectivity index (χ0) is 19.0. The van der Waals surface area contributed by atoms with Gasteiger partial charge in [-0.05, 0) is 26.0 Å². The molecule has 0 fully saturated rings. The van der Waals surface area contributed by atoms with E-state index in [1.54, 1.807) is 0 Å². The summed E-state index contributed by atoms with van der Waals surface area (Å²) in [7, 11) is 2.04. The van der Waals surface area contributed by atoms with Crippen molar-refractivity contribution >= 4 is 17.6 Å². The first kappa shape index (κ1) is 17.4. The van der Waals surface area contributed by atoms with Crippen molar-refractivity contribution in [2.75, 3.05) is 0 Å². The molecule has 3 nitrogen and oxygen atoms in total. The van der Waals surface area contributed by atoms with Gasteiger partial charge < -0.3 is 4.57 Å². The number of hydrogen-bond donors (Lipinski definition) is 0. The Labute approximate surface area is 163 Å². The predicted octanol–water partition coefficient (Wildman–Crippen LogP) is 5.91. The van der Waals surface area contributed by atoms with Crippen LogP contribution in [0, 0.1) is 13.8 Å². The largest absolute Gasteiger partial charge is 0.326 e. The van der Waals surface area contributed by atoms with Gasteiger partial charge in [-0.3, -0.25) is 4.79 Å². The standard InChI is InChI=1S/C23H20N2OS/c1-15-4-8-17(9-5-15)21-22(18-10-6-16(2)7-11-18)25(3)23(24-21)20-13-12-19(14-26)27-20/h4-14H,1-3H3. The molecule has 4 rings (SSSR count). The van der Waals surface area contributed by atoms with Crippen LogP contribution in [0.15, 0.2) is 60.7 Å². The number of aldehydes is 1. The average Bonchev–Trinajstić information content (AvgIpc) is 3.28.